The normalized spacial score (nSPS) is 11.1. The number of benzene rings is 2. The van der Waals surface area contributed by atoms with E-state index in [1.165, 1.54) is 4.68 Å². The van der Waals surface area contributed by atoms with Gasteiger partial charge in [-0.1, -0.05) is 41.9 Å². The molecule has 0 unspecified atom stereocenters. The van der Waals surface area contributed by atoms with Crippen LogP contribution in [0.2, 0.25) is 5.02 Å². The molecule has 3 rings (SSSR count). The summed E-state index contributed by atoms with van der Waals surface area (Å²) in [4.78, 5) is 27.2. The Morgan fingerprint density at radius 2 is 1.85 bits per heavy atom. The maximum atomic E-state index is 13.0. The van der Waals surface area contributed by atoms with Crippen molar-refractivity contribution < 1.29 is 4.79 Å². The number of carbonyl (C=O) groups is 1. The fourth-order valence-electron chi connectivity index (χ4n) is 2.88. The Bertz CT molecular complexity index is 1030. The van der Waals surface area contributed by atoms with Crippen LogP contribution < -0.4 is 5.56 Å². The first-order chi connectivity index (χ1) is 12.4. The van der Waals surface area contributed by atoms with Crippen LogP contribution in [0.5, 0.6) is 0 Å². The Morgan fingerprint density at radius 1 is 1.15 bits per heavy atom. The van der Waals surface area contributed by atoms with Gasteiger partial charge in [-0.05, 0) is 37.6 Å². The van der Waals surface area contributed by atoms with E-state index in [0.717, 1.165) is 5.56 Å². The Hall–Kier alpha value is -2.66. The lowest BCUT2D eigenvalue weighted by molar-refractivity contribution is 0.0778. The summed E-state index contributed by atoms with van der Waals surface area (Å²) in [6.45, 7) is 4.14. The summed E-state index contributed by atoms with van der Waals surface area (Å²) >= 11 is 6.02. The Labute approximate surface area is 156 Å². The molecule has 0 saturated heterocycles. The molecule has 0 aliphatic heterocycles. The molecule has 0 aliphatic rings. The van der Waals surface area contributed by atoms with Gasteiger partial charge in [0, 0.05) is 24.0 Å². The average molecular weight is 370 g/mol. The molecule has 2 aromatic carbocycles. The summed E-state index contributed by atoms with van der Waals surface area (Å²) in [5.41, 5.74) is 1.01. The summed E-state index contributed by atoms with van der Waals surface area (Å²) in [5.74, 6) is -0.240. The lowest BCUT2D eigenvalue weighted by atomic mass is 10.1. The summed E-state index contributed by atoms with van der Waals surface area (Å²) in [7, 11) is 1.71. The maximum Gasteiger partial charge on any atom is 0.274 e. The average Bonchev–Trinajstić information content (AvgIpc) is 2.61. The molecule has 1 aromatic heterocycles. The predicted octanol–water partition coefficient (Wildman–Crippen LogP) is 3.90. The topological polar surface area (TPSA) is 55.2 Å². The lowest BCUT2D eigenvalue weighted by Gasteiger charge is -2.19. The van der Waals surface area contributed by atoms with E-state index in [4.69, 9.17) is 11.6 Å². The van der Waals surface area contributed by atoms with Crippen LogP contribution in [-0.4, -0.2) is 27.6 Å². The minimum atomic E-state index is -0.240. The van der Waals surface area contributed by atoms with Crippen LogP contribution in [0.1, 0.15) is 35.9 Å². The van der Waals surface area contributed by atoms with Gasteiger partial charge in [-0.25, -0.2) is 4.68 Å². The van der Waals surface area contributed by atoms with E-state index < -0.39 is 0 Å². The van der Waals surface area contributed by atoms with Gasteiger partial charge in [0.2, 0.25) is 0 Å². The van der Waals surface area contributed by atoms with Crippen LogP contribution in [-0.2, 0) is 6.54 Å². The van der Waals surface area contributed by atoms with E-state index in [-0.39, 0.29) is 23.2 Å². The molecule has 0 saturated carbocycles. The first kappa shape index (κ1) is 18.1. The Morgan fingerprint density at radius 3 is 2.50 bits per heavy atom. The minimum Gasteiger partial charge on any atom is -0.336 e. The molecule has 0 fully saturated rings. The molecule has 0 spiro atoms. The fourth-order valence-corrected chi connectivity index (χ4v) is 3.09. The third-order valence-corrected chi connectivity index (χ3v) is 4.41. The van der Waals surface area contributed by atoms with Crippen molar-refractivity contribution in [2.45, 2.75) is 26.4 Å². The molecule has 1 amide bonds. The molecular weight excluding hydrogens is 350 g/mol. The van der Waals surface area contributed by atoms with Gasteiger partial charge in [0.15, 0.2) is 5.69 Å². The number of amides is 1. The molecular formula is C20H20ClN3O2. The molecule has 0 N–H and O–H groups in total. The molecule has 6 heteroatoms. The highest BCUT2D eigenvalue weighted by Crippen LogP contribution is 2.18. The molecule has 26 heavy (non-hydrogen) atoms. The molecule has 0 aliphatic carbocycles. The third-order valence-electron chi connectivity index (χ3n) is 4.18. The van der Waals surface area contributed by atoms with Crippen LogP contribution in [0.3, 0.4) is 0 Å². The zero-order chi connectivity index (χ0) is 18.8. The highest BCUT2D eigenvalue weighted by molar-refractivity contribution is 6.30. The largest absolute Gasteiger partial charge is 0.336 e. The number of nitrogens with zero attached hydrogens (tertiary/aromatic N) is 3. The fraction of sp³-hybridized carbons (Fsp3) is 0.250. The molecule has 5 nitrogen and oxygen atoms in total. The van der Waals surface area contributed by atoms with Crippen LogP contribution in [0.15, 0.2) is 53.3 Å². The van der Waals surface area contributed by atoms with Crippen LogP contribution in [0.25, 0.3) is 10.8 Å². The number of rotatable bonds is 4. The summed E-state index contributed by atoms with van der Waals surface area (Å²) in [6.07, 6.45) is 0. The summed E-state index contributed by atoms with van der Waals surface area (Å²) < 4.78 is 1.36. The van der Waals surface area contributed by atoms with Crippen molar-refractivity contribution in [1.82, 2.24) is 14.7 Å². The first-order valence-electron chi connectivity index (χ1n) is 8.40. The highest BCUT2D eigenvalue weighted by atomic mass is 35.5. The summed E-state index contributed by atoms with van der Waals surface area (Å²) in [5, 5.41) is 6.06. The first-order valence-corrected chi connectivity index (χ1v) is 8.77. The number of hydrogen-bond acceptors (Lipinski definition) is 3. The number of halogens is 1. The van der Waals surface area contributed by atoms with Gasteiger partial charge in [-0.2, -0.15) is 5.10 Å². The quantitative estimate of drug-likeness (QED) is 0.700. The number of hydrogen-bond donors (Lipinski definition) is 0. The Kier molecular flexibility index (Phi) is 5.09. The van der Waals surface area contributed by atoms with E-state index in [1.54, 1.807) is 42.3 Å². The number of aromatic nitrogens is 2. The number of carbonyl (C=O) groups excluding carboxylic acids is 1. The van der Waals surface area contributed by atoms with Gasteiger partial charge in [-0.3, -0.25) is 9.59 Å². The second kappa shape index (κ2) is 7.30. The standard InChI is InChI=1S/C20H20ClN3O2/c1-13(2)24-19(25)17-10-5-4-9-16(17)18(22-24)20(26)23(3)12-14-7-6-8-15(21)11-14/h4-11,13H,12H2,1-3H3. The van der Waals surface area contributed by atoms with Gasteiger partial charge in [0.25, 0.3) is 11.5 Å². The molecule has 0 atom stereocenters. The van der Waals surface area contributed by atoms with Crippen molar-refractivity contribution in [3.63, 3.8) is 0 Å². The van der Waals surface area contributed by atoms with E-state index in [0.29, 0.717) is 22.3 Å². The third kappa shape index (κ3) is 3.48. The molecule has 0 radical (unpaired) electrons. The van der Waals surface area contributed by atoms with Crippen LogP contribution >= 0.6 is 11.6 Å². The van der Waals surface area contributed by atoms with E-state index in [2.05, 4.69) is 5.10 Å². The second-order valence-electron chi connectivity index (χ2n) is 6.53. The van der Waals surface area contributed by atoms with Crippen molar-refractivity contribution in [2.24, 2.45) is 0 Å². The molecule has 0 bridgehead atoms. The van der Waals surface area contributed by atoms with E-state index in [9.17, 15) is 9.59 Å². The zero-order valence-corrected chi connectivity index (χ0v) is 15.7. The van der Waals surface area contributed by atoms with Gasteiger partial charge in [0.1, 0.15) is 0 Å². The van der Waals surface area contributed by atoms with Crippen molar-refractivity contribution in [1.29, 1.82) is 0 Å². The van der Waals surface area contributed by atoms with Crippen LogP contribution in [0, 0.1) is 0 Å². The monoisotopic (exact) mass is 369 g/mol. The van der Waals surface area contributed by atoms with Crippen molar-refractivity contribution >= 4 is 28.3 Å². The summed E-state index contributed by atoms with van der Waals surface area (Å²) in [6, 6.07) is 14.3. The SMILES string of the molecule is CC(C)n1nc(C(=O)N(C)Cc2cccc(Cl)c2)c2ccccc2c1=O. The minimum absolute atomic E-state index is 0.142. The van der Waals surface area contributed by atoms with E-state index >= 15 is 0 Å². The smallest absolute Gasteiger partial charge is 0.274 e. The lowest BCUT2D eigenvalue weighted by Crippen LogP contribution is -2.32. The number of fused-ring (bicyclic) bond motifs is 1. The molecule has 1 heterocycles. The van der Waals surface area contributed by atoms with Gasteiger partial charge in [-0.15, -0.1) is 0 Å². The van der Waals surface area contributed by atoms with Gasteiger partial charge >= 0.3 is 0 Å². The van der Waals surface area contributed by atoms with Crippen molar-refractivity contribution in [2.75, 3.05) is 7.05 Å². The highest BCUT2D eigenvalue weighted by Gasteiger charge is 2.20. The van der Waals surface area contributed by atoms with Crippen LogP contribution in [0.4, 0.5) is 0 Å². The predicted molar refractivity (Wildman–Crippen MR) is 104 cm³/mol. The molecule has 134 valence electrons. The van der Waals surface area contributed by atoms with Gasteiger partial charge in [0.05, 0.1) is 11.4 Å². The maximum absolute atomic E-state index is 13.0. The van der Waals surface area contributed by atoms with E-state index in [1.807, 2.05) is 32.0 Å². The van der Waals surface area contributed by atoms with Gasteiger partial charge < -0.3 is 4.90 Å². The zero-order valence-electron chi connectivity index (χ0n) is 14.9. The molecule has 3 aromatic rings. The van der Waals surface area contributed by atoms with Crippen molar-refractivity contribution in [3.05, 3.63) is 75.2 Å². The second-order valence-corrected chi connectivity index (χ2v) is 6.97. The Balaban J connectivity index is 2.04. The van der Waals surface area contributed by atoms with Crippen molar-refractivity contribution in [3.8, 4) is 0 Å².